The Morgan fingerprint density at radius 1 is 0.800 bits per heavy atom. The number of unbranched alkanes of at least 4 members (excludes halogenated alkanes) is 1. The van der Waals surface area contributed by atoms with Crippen LogP contribution in [0.5, 0.6) is 0 Å². The molecule has 3 aromatic carbocycles. The maximum absolute atomic E-state index is 13.5. The minimum absolute atomic E-state index is 0.0322. The van der Waals surface area contributed by atoms with Gasteiger partial charge in [0.1, 0.15) is 12.1 Å². The van der Waals surface area contributed by atoms with Gasteiger partial charge in [0.25, 0.3) is 0 Å². The largest absolute Gasteiger partial charge is 0.480 e. The molecule has 0 saturated heterocycles. The van der Waals surface area contributed by atoms with E-state index in [0.717, 1.165) is 21.0 Å². The first kappa shape index (κ1) is 35.9. The molecular formula is C33H43N3O7S2. The van der Waals surface area contributed by atoms with Gasteiger partial charge in [0.15, 0.2) is 0 Å². The van der Waals surface area contributed by atoms with E-state index >= 15 is 0 Å². The zero-order valence-electron chi connectivity index (χ0n) is 26.1. The number of carbonyl (C=O) groups excluding carboxylic acids is 1. The maximum atomic E-state index is 13.5. The van der Waals surface area contributed by atoms with Gasteiger partial charge in [0.05, 0.1) is 9.79 Å². The van der Waals surface area contributed by atoms with Crippen LogP contribution in [0.3, 0.4) is 0 Å². The molecule has 0 saturated carbocycles. The summed E-state index contributed by atoms with van der Waals surface area (Å²) in [5.41, 5.74) is 2.56. The minimum Gasteiger partial charge on any atom is -0.480 e. The van der Waals surface area contributed by atoms with E-state index < -0.39 is 44.0 Å². The van der Waals surface area contributed by atoms with E-state index in [2.05, 4.69) is 10.0 Å². The molecule has 3 rings (SSSR count). The molecule has 0 aliphatic heterocycles. The second kappa shape index (κ2) is 16.1. The molecule has 244 valence electrons. The average molecular weight is 658 g/mol. The lowest BCUT2D eigenvalue weighted by molar-refractivity contribution is -0.142. The van der Waals surface area contributed by atoms with Gasteiger partial charge in [0, 0.05) is 13.1 Å². The Bertz CT molecular complexity index is 1630. The van der Waals surface area contributed by atoms with Crippen LogP contribution in [-0.2, 0) is 36.1 Å². The molecule has 0 heterocycles. The van der Waals surface area contributed by atoms with Gasteiger partial charge in [-0.2, -0.15) is 9.03 Å². The first-order valence-electron chi connectivity index (χ1n) is 14.9. The summed E-state index contributed by atoms with van der Waals surface area (Å²) in [5, 5.41) is 12.8. The van der Waals surface area contributed by atoms with Crippen LogP contribution in [0.1, 0.15) is 49.8 Å². The Labute approximate surface area is 267 Å². The molecule has 3 aromatic rings. The van der Waals surface area contributed by atoms with Crippen LogP contribution in [0.2, 0.25) is 0 Å². The number of sulfonamides is 2. The predicted molar refractivity (Wildman–Crippen MR) is 174 cm³/mol. The van der Waals surface area contributed by atoms with Gasteiger partial charge >= 0.3 is 5.97 Å². The molecule has 0 spiro atoms. The Hall–Kier alpha value is -3.58. The topological polar surface area (TPSA) is 150 Å². The van der Waals surface area contributed by atoms with Crippen LogP contribution >= 0.6 is 0 Å². The quantitative estimate of drug-likeness (QED) is 0.184. The van der Waals surface area contributed by atoms with Crippen LogP contribution in [0, 0.1) is 19.8 Å². The highest BCUT2D eigenvalue weighted by Gasteiger charge is 2.36. The van der Waals surface area contributed by atoms with Crippen LogP contribution in [0.25, 0.3) is 0 Å². The van der Waals surface area contributed by atoms with Crippen LogP contribution in [0.15, 0.2) is 88.7 Å². The number of benzene rings is 3. The molecule has 0 radical (unpaired) electrons. The lowest BCUT2D eigenvalue weighted by atomic mass is 10.1. The second-order valence-corrected chi connectivity index (χ2v) is 15.2. The highest BCUT2D eigenvalue weighted by atomic mass is 32.2. The molecule has 1 amide bonds. The number of aryl methyl sites for hydroxylation is 2. The Kier molecular flexibility index (Phi) is 12.9. The second-order valence-electron chi connectivity index (χ2n) is 11.6. The fourth-order valence-corrected chi connectivity index (χ4v) is 7.77. The number of rotatable bonds is 17. The number of hydrogen-bond donors (Lipinski definition) is 3. The SMILES string of the molecule is Cc1ccc(S(=O)(=O)N[C@@H](Cc2ccccc2)C(=O)NCCCC[C@@H](C(=O)O)N(CC(C)C)S(=O)(=O)c2ccc(C)cc2)cc1. The van der Waals surface area contributed by atoms with Crippen LogP contribution < -0.4 is 10.0 Å². The van der Waals surface area contributed by atoms with Crippen molar-refractivity contribution < 1.29 is 31.5 Å². The fourth-order valence-electron chi connectivity index (χ4n) is 4.80. The zero-order valence-corrected chi connectivity index (χ0v) is 27.8. The Morgan fingerprint density at radius 3 is 1.89 bits per heavy atom. The molecule has 12 heteroatoms. The van der Waals surface area contributed by atoms with Crippen LogP contribution in [-0.4, -0.2) is 63.3 Å². The number of nitrogens with zero attached hydrogens (tertiary/aromatic N) is 1. The number of carboxylic acid groups (broad SMARTS) is 1. The van der Waals surface area contributed by atoms with E-state index in [4.69, 9.17) is 0 Å². The summed E-state index contributed by atoms with van der Waals surface area (Å²) in [6, 6.07) is 19.3. The van der Waals surface area contributed by atoms with E-state index in [9.17, 15) is 31.5 Å². The first-order valence-corrected chi connectivity index (χ1v) is 17.8. The first-order chi connectivity index (χ1) is 21.2. The van der Waals surface area contributed by atoms with Crippen molar-refractivity contribution >= 4 is 31.9 Å². The molecule has 3 N–H and O–H groups in total. The summed E-state index contributed by atoms with van der Waals surface area (Å²) in [4.78, 5) is 25.6. The molecule has 45 heavy (non-hydrogen) atoms. The monoisotopic (exact) mass is 657 g/mol. The number of carboxylic acids is 1. The predicted octanol–water partition coefficient (Wildman–Crippen LogP) is 4.28. The maximum Gasteiger partial charge on any atom is 0.322 e. The average Bonchev–Trinajstić information content (AvgIpc) is 2.98. The van der Waals surface area contributed by atoms with Crippen molar-refractivity contribution in [2.24, 2.45) is 5.92 Å². The van der Waals surface area contributed by atoms with Crippen molar-refractivity contribution in [1.29, 1.82) is 0 Å². The van der Waals surface area contributed by atoms with Gasteiger partial charge in [-0.3, -0.25) is 9.59 Å². The van der Waals surface area contributed by atoms with Gasteiger partial charge in [-0.05, 0) is 75.3 Å². The molecular weight excluding hydrogens is 615 g/mol. The van der Waals surface area contributed by atoms with Crippen molar-refractivity contribution in [3.8, 4) is 0 Å². The number of amides is 1. The van der Waals surface area contributed by atoms with Gasteiger partial charge in [0.2, 0.25) is 26.0 Å². The Morgan fingerprint density at radius 2 is 1.36 bits per heavy atom. The molecule has 2 atom stereocenters. The summed E-state index contributed by atoms with van der Waals surface area (Å²) >= 11 is 0. The third-order valence-electron chi connectivity index (χ3n) is 7.24. The molecule has 0 bridgehead atoms. The smallest absolute Gasteiger partial charge is 0.322 e. The molecule has 0 aliphatic rings. The summed E-state index contributed by atoms with van der Waals surface area (Å²) in [6.07, 6.45) is 0.836. The van der Waals surface area contributed by atoms with E-state index in [1.807, 2.05) is 33.8 Å². The molecule has 0 fully saturated rings. The van der Waals surface area contributed by atoms with Crippen molar-refractivity contribution in [1.82, 2.24) is 14.3 Å². The lowest BCUT2D eigenvalue weighted by Crippen LogP contribution is -2.48. The number of nitrogens with one attached hydrogen (secondary N) is 2. The van der Waals surface area contributed by atoms with Crippen molar-refractivity contribution in [3.63, 3.8) is 0 Å². The zero-order chi connectivity index (χ0) is 33.2. The van der Waals surface area contributed by atoms with Gasteiger partial charge in [-0.1, -0.05) is 79.6 Å². The van der Waals surface area contributed by atoms with Crippen molar-refractivity contribution in [3.05, 3.63) is 95.6 Å². The van der Waals surface area contributed by atoms with Crippen molar-refractivity contribution in [2.45, 2.75) is 75.3 Å². The third kappa shape index (κ3) is 10.5. The van der Waals surface area contributed by atoms with Gasteiger partial charge in [-0.25, -0.2) is 16.8 Å². The Balaban J connectivity index is 1.67. The standard InChI is InChI=1S/C33H43N3O7S2/c1-24(2)23-36(45(42,43)29-19-15-26(4)16-20-29)31(33(38)39)12-8-9-21-34-32(37)30(22-27-10-6-5-7-11-27)35-44(40,41)28-17-13-25(3)14-18-28/h5-7,10-11,13-20,24,30-31,35H,8-9,12,21-23H2,1-4H3,(H,34,37)(H,38,39)/t30-,31-/m0/s1. The third-order valence-corrected chi connectivity index (χ3v) is 10.6. The number of aliphatic carboxylic acids is 1. The highest BCUT2D eigenvalue weighted by molar-refractivity contribution is 7.89. The number of hydrogen-bond acceptors (Lipinski definition) is 6. The number of carbonyl (C=O) groups is 2. The summed E-state index contributed by atoms with van der Waals surface area (Å²) in [6.45, 7) is 7.52. The fraction of sp³-hybridized carbons (Fsp3) is 0.394. The minimum atomic E-state index is -4.08. The molecule has 0 aliphatic carbocycles. The highest BCUT2D eigenvalue weighted by Crippen LogP contribution is 2.23. The van der Waals surface area contributed by atoms with Crippen LogP contribution in [0.4, 0.5) is 0 Å². The summed E-state index contributed by atoms with van der Waals surface area (Å²) in [5.74, 6) is -1.88. The van der Waals surface area contributed by atoms with Crippen molar-refractivity contribution in [2.75, 3.05) is 13.1 Å². The molecule has 0 unspecified atom stereocenters. The van der Waals surface area contributed by atoms with E-state index in [1.54, 1.807) is 48.5 Å². The van der Waals surface area contributed by atoms with E-state index in [1.165, 1.54) is 24.3 Å². The van der Waals surface area contributed by atoms with Gasteiger partial charge < -0.3 is 10.4 Å². The lowest BCUT2D eigenvalue weighted by Gasteiger charge is -2.29. The molecule has 0 aromatic heterocycles. The van der Waals surface area contributed by atoms with E-state index in [-0.39, 0.29) is 41.6 Å². The van der Waals surface area contributed by atoms with Gasteiger partial charge in [-0.15, -0.1) is 0 Å². The normalized spacial score (nSPS) is 13.5. The summed E-state index contributed by atoms with van der Waals surface area (Å²) in [7, 11) is -8.07. The van der Waals surface area contributed by atoms with E-state index in [0.29, 0.717) is 12.8 Å². The molecule has 10 nitrogen and oxygen atoms in total. The summed E-state index contributed by atoms with van der Waals surface area (Å²) < 4.78 is 56.8.